The lowest BCUT2D eigenvalue weighted by molar-refractivity contribution is 0.333. The van der Waals surface area contributed by atoms with Crippen molar-refractivity contribution in [3.05, 3.63) is 42.2 Å². The number of anilines is 1. The van der Waals surface area contributed by atoms with Crippen LogP contribution in [0.1, 0.15) is 18.4 Å². The molecule has 3 rings (SSSR count). The minimum atomic E-state index is 0.493. The molecule has 0 amide bonds. The standard InChI is InChI=1S/C12H14N2/c1-9-10-5-3-4-6-11(10)14-8-7-13(2)12(9)14/h3-9,12H,1-2H3. The zero-order valence-corrected chi connectivity index (χ0v) is 8.51. The van der Waals surface area contributed by atoms with Crippen molar-refractivity contribution in [2.75, 3.05) is 11.9 Å². The molecule has 72 valence electrons. The van der Waals surface area contributed by atoms with Gasteiger partial charge in [0, 0.05) is 31.1 Å². The Morgan fingerprint density at radius 2 is 1.93 bits per heavy atom. The number of para-hydroxylation sites is 1. The number of fused-ring (bicyclic) bond motifs is 3. The molecule has 0 saturated carbocycles. The molecule has 2 heterocycles. The fourth-order valence-corrected chi connectivity index (χ4v) is 2.63. The summed E-state index contributed by atoms with van der Waals surface area (Å²) in [5.74, 6) is 0.589. The molecule has 0 spiro atoms. The molecule has 0 N–H and O–H groups in total. The van der Waals surface area contributed by atoms with Crippen LogP contribution in [-0.2, 0) is 0 Å². The molecular formula is C12H14N2. The van der Waals surface area contributed by atoms with Crippen LogP contribution in [-0.4, -0.2) is 18.1 Å². The molecule has 1 aromatic carbocycles. The van der Waals surface area contributed by atoms with Gasteiger partial charge in [0.1, 0.15) is 6.17 Å². The Morgan fingerprint density at radius 1 is 1.14 bits per heavy atom. The predicted molar refractivity (Wildman–Crippen MR) is 58.0 cm³/mol. The van der Waals surface area contributed by atoms with Gasteiger partial charge in [0.15, 0.2) is 0 Å². The van der Waals surface area contributed by atoms with Crippen LogP contribution < -0.4 is 4.90 Å². The fraction of sp³-hybridized carbons (Fsp3) is 0.333. The molecule has 0 aromatic heterocycles. The van der Waals surface area contributed by atoms with Gasteiger partial charge in [0.05, 0.1) is 0 Å². The van der Waals surface area contributed by atoms with Gasteiger partial charge < -0.3 is 9.80 Å². The monoisotopic (exact) mass is 186 g/mol. The quantitative estimate of drug-likeness (QED) is 0.613. The molecular weight excluding hydrogens is 172 g/mol. The molecule has 0 saturated heterocycles. The highest BCUT2D eigenvalue weighted by molar-refractivity contribution is 5.64. The Hall–Kier alpha value is -1.44. The van der Waals surface area contributed by atoms with Crippen molar-refractivity contribution in [2.24, 2.45) is 0 Å². The van der Waals surface area contributed by atoms with Crippen LogP contribution in [0.15, 0.2) is 36.7 Å². The van der Waals surface area contributed by atoms with Gasteiger partial charge in [-0.2, -0.15) is 0 Å². The summed E-state index contributed by atoms with van der Waals surface area (Å²) in [5, 5.41) is 0. The number of hydrogen-bond acceptors (Lipinski definition) is 2. The highest BCUT2D eigenvalue weighted by Gasteiger charge is 2.38. The van der Waals surface area contributed by atoms with E-state index in [4.69, 9.17) is 0 Å². The molecule has 2 heteroatoms. The summed E-state index contributed by atoms with van der Waals surface area (Å²) in [6, 6.07) is 8.68. The molecule has 0 fully saturated rings. The minimum absolute atomic E-state index is 0.493. The Balaban J connectivity index is 2.15. The first-order chi connectivity index (χ1) is 6.79. The Labute approximate surface area is 84.4 Å². The summed E-state index contributed by atoms with van der Waals surface area (Å²) in [4.78, 5) is 4.64. The summed E-state index contributed by atoms with van der Waals surface area (Å²) in [6.07, 6.45) is 4.82. The second-order valence-corrected chi connectivity index (χ2v) is 4.13. The Kier molecular flexibility index (Phi) is 1.43. The fourth-order valence-electron chi connectivity index (χ4n) is 2.63. The lowest BCUT2D eigenvalue weighted by Crippen LogP contribution is -2.35. The molecule has 1 aromatic rings. The first-order valence-electron chi connectivity index (χ1n) is 5.06. The van der Waals surface area contributed by atoms with Gasteiger partial charge in [0.2, 0.25) is 0 Å². The van der Waals surface area contributed by atoms with Crippen LogP contribution in [0.25, 0.3) is 0 Å². The molecule has 0 bridgehead atoms. The zero-order valence-electron chi connectivity index (χ0n) is 8.51. The van der Waals surface area contributed by atoms with E-state index in [0.717, 1.165) is 0 Å². The van der Waals surface area contributed by atoms with E-state index >= 15 is 0 Å². The van der Waals surface area contributed by atoms with E-state index in [1.807, 2.05) is 0 Å². The third-order valence-electron chi connectivity index (χ3n) is 3.32. The highest BCUT2D eigenvalue weighted by atomic mass is 15.4. The maximum absolute atomic E-state index is 2.36. The molecule has 2 aliphatic rings. The van der Waals surface area contributed by atoms with Crippen molar-refractivity contribution < 1.29 is 0 Å². The van der Waals surface area contributed by atoms with Gasteiger partial charge in [0.25, 0.3) is 0 Å². The van der Waals surface area contributed by atoms with Crippen molar-refractivity contribution in [3.8, 4) is 0 Å². The first-order valence-corrected chi connectivity index (χ1v) is 5.06. The molecule has 0 radical (unpaired) electrons. The van der Waals surface area contributed by atoms with Crippen LogP contribution in [0.5, 0.6) is 0 Å². The van der Waals surface area contributed by atoms with E-state index < -0.39 is 0 Å². The first kappa shape index (κ1) is 7.92. The van der Waals surface area contributed by atoms with Gasteiger partial charge in [-0.1, -0.05) is 25.1 Å². The lowest BCUT2D eigenvalue weighted by atomic mass is 10.0. The predicted octanol–water partition coefficient (Wildman–Crippen LogP) is 2.35. The largest absolute Gasteiger partial charge is 0.358 e. The summed E-state index contributed by atoms with van der Waals surface area (Å²) in [6.45, 7) is 2.30. The van der Waals surface area contributed by atoms with Gasteiger partial charge in [-0.3, -0.25) is 0 Å². The van der Waals surface area contributed by atoms with Crippen molar-refractivity contribution in [2.45, 2.75) is 19.0 Å². The second kappa shape index (κ2) is 2.53. The Bertz CT molecular complexity index is 397. The van der Waals surface area contributed by atoms with Gasteiger partial charge >= 0.3 is 0 Å². The van der Waals surface area contributed by atoms with Crippen molar-refractivity contribution in [1.29, 1.82) is 0 Å². The van der Waals surface area contributed by atoms with Crippen LogP contribution in [0.4, 0.5) is 5.69 Å². The second-order valence-electron chi connectivity index (χ2n) is 4.13. The van der Waals surface area contributed by atoms with E-state index in [1.54, 1.807) is 0 Å². The van der Waals surface area contributed by atoms with Gasteiger partial charge in [-0.25, -0.2) is 0 Å². The van der Waals surface area contributed by atoms with Crippen molar-refractivity contribution in [1.82, 2.24) is 4.90 Å². The average molecular weight is 186 g/mol. The van der Waals surface area contributed by atoms with Crippen LogP contribution >= 0.6 is 0 Å². The van der Waals surface area contributed by atoms with E-state index in [9.17, 15) is 0 Å². The molecule has 14 heavy (non-hydrogen) atoms. The maximum Gasteiger partial charge on any atom is 0.112 e. The Morgan fingerprint density at radius 3 is 2.79 bits per heavy atom. The number of nitrogens with zero attached hydrogens (tertiary/aromatic N) is 2. The van der Waals surface area contributed by atoms with Gasteiger partial charge in [-0.15, -0.1) is 0 Å². The third kappa shape index (κ3) is 0.808. The molecule has 2 unspecified atom stereocenters. The SMILES string of the molecule is CC1c2ccccc2N2C=CN(C)C12. The number of likely N-dealkylation sites (N-methyl/N-ethyl adjacent to an activating group) is 1. The smallest absolute Gasteiger partial charge is 0.112 e. The van der Waals surface area contributed by atoms with E-state index in [1.165, 1.54) is 11.3 Å². The average Bonchev–Trinajstić information content (AvgIpc) is 2.70. The van der Waals surface area contributed by atoms with Crippen molar-refractivity contribution in [3.63, 3.8) is 0 Å². The van der Waals surface area contributed by atoms with E-state index in [2.05, 4.69) is 60.4 Å². The topological polar surface area (TPSA) is 6.48 Å². The highest BCUT2D eigenvalue weighted by Crippen LogP contribution is 2.43. The lowest BCUT2D eigenvalue weighted by Gasteiger charge is -2.26. The molecule has 2 aliphatic heterocycles. The molecule has 0 aliphatic carbocycles. The number of benzene rings is 1. The summed E-state index contributed by atoms with van der Waals surface area (Å²) in [7, 11) is 2.14. The minimum Gasteiger partial charge on any atom is -0.358 e. The van der Waals surface area contributed by atoms with Gasteiger partial charge in [-0.05, 0) is 11.6 Å². The zero-order chi connectivity index (χ0) is 9.71. The van der Waals surface area contributed by atoms with Crippen molar-refractivity contribution >= 4 is 5.69 Å². The molecule has 2 nitrogen and oxygen atoms in total. The van der Waals surface area contributed by atoms with Crippen LogP contribution in [0, 0.1) is 0 Å². The summed E-state index contributed by atoms with van der Waals surface area (Å²) < 4.78 is 0. The molecule has 2 atom stereocenters. The summed E-state index contributed by atoms with van der Waals surface area (Å²) in [5.41, 5.74) is 2.83. The maximum atomic E-state index is 2.36. The van der Waals surface area contributed by atoms with E-state index in [-0.39, 0.29) is 0 Å². The number of hydrogen-bond donors (Lipinski definition) is 0. The third-order valence-corrected chi connectivity index (χ3v) is 3.32. The summed E-state index contributed by atoms with van der Waals surface area (Å²) >= 11 is 0. The number of rotatable bonds is 0. The van der Waals surface area contributed by atoms with E-state index in [0.29, 0.717) is 12.1 Å². The van der Waals surface area contributed by atoms with Crippen LogP contribution in [0.2, 0.25) is 0 Å². The van der Waals surface area contributed by atoms with Crippen LogP contribution in [0.3, 0.4) is 0 Å². The normalized spacial score (nSPS) is 28.1.